The molecule has 10 heteroatoms. The third kappa shape index (κ3) is 5.85. The fraction of sp³-hybridized carbons (Fsp3) is 0.625. The Balaban J connectivity index is 1.68. The fourth-order valence-electron chi connectivity index (χ4n) is 4.51. The monoisotopic (exact) mass is 510 g/mol. The van der Waals surface area contributed by atoms with Crippen molar-refractivity contribution in [2.45, 2.75) is 51.7 Å². The molecule has 8 nitrogen and oxygen atoms in total. The molecule has 0 bridgehead atoms. The van der Waals surface area contributed by atoms with Crippen LogP contribution in [-0.2, 0) is 16.0 Å². The van der Waals surface area contributed by atoms with Gasteiger partial charge in [0.05, 0.1) is 34.2 Å². The van der Waals surface area contributed by atoms with Gasteiger partial charge < -0.3 is 14.4 Å². The quantitative estimate of drug-likeness (QED) is 0.614. The lowest BCUT2D eigenvalue weighted by molar-refractivity contribution is 0.0193. The summed E-state index contributed by atoms with van der Waals surface area (Å²) in [5.74, 6) is 0.593. The molecule has 0 aliphatic carbocycles. The van der Waals surface area contributed by atoms with Crippen molar-refractivity contribution >= 4 is 40.2 Å². The lowest BCUT2D eigenvalue weighted by Crippen LogP contribution is -2.44. The Bertz CT molecular complexity index is 1110. The Kier molecular flexibility index (Phi) is 7.72. The number of rotatable bonds is 4. The van der Waals surface area contributed by atoms with Crippen LogP contribution in [0.4, 0.5) is 4.79 Å². The highest BCUT2D eigenvalue weighted by Gasteiger charge is 2.31. The second-order valence-corrected chi connectivity index (χ2v) is 10.7. The van der Waals surface area contributed by atoms with Crippen LogP contribution in [0.3, 0.4) is 0 Å². The number of carbonyl (C=O) groups is 1. The molecule has 0 radical (unpaired) electrons. The number of morpholine rings is 1. The van der Waals surface area contributed by atoms with Crippen molar-refractivity contribution in [2.75, 3.05) is 45.9 Å². The van der Waals surface area contributed by atoms with Crippen LogP contribution >= 0.6 is 23.2 Å². The van der Waals surface area contributed by atoms with Crippen LogP contribution in [0.15, 0.2) is 16.9 Å². The van der Waals surface area contributed by atoms with Gasteiger partial charge in [-0.05, 0) is 45.7 Å². The number of likely N-dealkylation sites (tertiary alicyclic amines) is 1. The van der Waals surface area contributed by atoms with E-state index >= 15 is 0 Å². The van der Waals surface area contributed by atoms with Crippen LogP contribution in [0.2, 0.25) is 10.0 Å². The lowest BCUT2D eigenvalue weighted by Gasteiger charge is -2.35. The van der Waals surface area contributed by atoms with E-state index in [0.717, 1.165) is 25.9 Å². The molecule has 4 rings (SSSR count). The Labute approximate surface area is 209 Å². The number of piperidine rings is 1. The largest absolute Gasteiger partial charge is 0.444 e. The van der Waals surface area contributed by atoms with Gasteiger partial charge in [0.2, 0.25) is 0 Å². The number of ether oxygens (including phenoxy) is 2. The van der Waals surface area contributed by atoms with Crippen molar-refractivity contribution in [1.29, 1.82) is 0 Å². The average Bonchev–Trinajstić information content (AvgIpc) is 2.79. The normalized spacial score (nSPS) is 20.0. The summed E-state index contributed by atoms with van der Waals surface area (Å²) in [6.45, 7) is 10.9. The van der Waals surface area contributed by atoms with Gasteiger partial charge >= 0.3 is 6.09 Å². The Morgan fingerprint density at radius 3 is 2.56 bits per heavy atom. The third-order valence-corrected chi connectivity index (χ3v) is 6.93. The molecule has 2 aliphatic heterocycles. The predicted molar refractivity (Wildman–Crippen MR) is 133 cm³/mol. The molecule has 1 atom stereocenters. The van der Waals surface area contributed by atoms with E-state index in [9.17, 15) is 9.59 Å². The highest BCUT2D eigenvalue weighted by atomic mass is 35.5. The second-order valence-electron chi connectivity index (χ2n) is 9.93. The van der Waals surface area contributed by atoms with Crippen LogP contribution in [0.25, 0.3) is 10.9 Å². The van der Waals surface area contributed by atoms with Crippen molar-refractivity contribution < 1.29 is 14.3 Å². The minimum absolute atomic E-state index is 0.0856. The summed E-state index contributed by atoms with van der Waals surface area (Å²) in [6.07, 6.45) is 1.30. The summed E-state index contributed by atoms with van der Waals surface area (Å²) in [5.41, 5.74) is -0.186. The molecule has 2 aromatic rings. The zero-order valence-electron chi connectivity index (χ0n) is 20.0. The minimum atomic E-state index is -0.568. The molecule has 34 heavy (non-hydrogen) atoms. The maximum atomic E-state index is 13.6. The van der Waals surface area contributed by atoms with Gasteiger partial charge in [-0.15, -0.1) is 0 Å². The molecule has 1 aromatic heterocycles. The number of carbonyl (C=O) groups excluding carboxylic acids is 1. The van der Waals surface area contributed by atoms with E-state index in [0.29, 0.717) is 66.2 Å². The van der Waals surface area contributed by atoms with E-state index < -0.39 is 5.60 Å². The summed E-state index contributed by atoms with van der Waals surface area (Å²) in [4.78, 5) is 35.2. The maximum absolute atomic E-state index is 13.6. The van der Waals surface area contributed by atoms with Crippen molar-refractivity contribution in [2.24, 2.45) is 0 Å². The van der Waals surface area contributed by atoms with Crippen LogP contribution < -0.4 is 5.56 Å². The van der Waals surface area contributed by atoms with Crippen molar-refractivity contribution in [3.8, 4) is 0 Å². The average molecular weight is 511 g/mol. The topological polar surface area (TPSA) is 76.9 Å². The molecule has 0 unspecified atom stereocenters. The van der Waals surface area contributed by atoms with E-state index in [1.165, 1.54) is 0 Å². The van der Waals surface area contributed by atoms with Crippen molar-refractivity contribution in [3.63, 3.8) is 0 Å². The van der Waals surface area contributed by atoms with E-state index in [1.807, 2.05) is 20.8 Å². The summed E-state index contributed by atoms with van der Waals surface area (Å²) < 4.78 is 12.8. The van der Waals surface area contributed by atoms with Crippen LogP contribution in [0.5, 0.6) is 0 Å². The molecule has 2 aliphatic rings. The first-order chi connectivity index (χ1) is 16.1. The molecule has 1 aromatic carbocycles. The maximum Gasteiger partial charge on any atom is 0.410 e. The zero-order chi connectivity index (χ0) is 24.5. The molecule has 0 saturated carbocycles. The van der Waals surface area contributed by atoms with E-state index in [2.05, 4.69) is 4.90 Å². The summed E-state index contributed by atoms with van der Waals surface area (Å²) in [6, 6.07) is 3.24. The number of amides is 1. The van der Waals surface area contributed by atoms with Gasteiger partial charge in [0.1, 0.15) is 11.4 Å². The molecule has 1 amide bonds. The minimum Gasteiger partial charge on any atom is -0.444 e. The second kappa shape index (κ2) is 10.4. The molecular weight excluding hydrogens is 479 g/mol. The van der Waals surface area contributed by atoms with Crippen LogP contribution in [0.1, 0.15) is 45.4 Å². The number of benzene rings is 1. The van der Waals surface area contributed by atoms with Gasteiger partial charge in [-0.2, -0.15) is 0 Å². The van der Waals surface area contributed by atoms with Crippen LogP contribution in [-0.4, -0.2) is 77.0 Å². The standard InChI is InChI=1S/C24H32Cl2N4O4/c1-24(2,3)34-23(32)29-6-4-5-16(15-29)21-27-20-14-19(26)18(25)13-17(20)22(31)30(21)8-7-28-9-11-33-12-10-28/h13-14,16H,4-12,15H2,1-3H3/t16-/m1/s1. The first-order valence-electron chi connectivity index (χ1n) is 11.8. The van der Waals surface area contributed by atoms with Gasteiger partial charge in [-0.3, -0.25) is 14.3 Å². The predicted octanol–water partition coefficient (Wildman–Crippen LogP) is 4.15. The molecule has 2 fully saturated rings. The molecule has 2 saturated heterocycles. The number of halogens is 2. The summed E-state index contributed by atoms with van der Waals surface area (Å²) in [5, 5.41) is 1.13. The number of nitrogens with zero attached hydrogens (tertiary/aromatic N) is 4. The van der Waals surface area contributed by atoms with E-state index in [-0.39, 0.29) is 17.6 Å². The number of hydrogen-bond donors (Lipinski definition) is 0. The van der Waals surface area contributed by atoms with Crippen molar-refractivity contribution in [3.05, 3.63) is 38.4 Å². The van der Waals surface area contributed by atoms with E-state index in [4.69, 9.17) is 37.7 Å². The zero-order valence-corrected chi connectivity index (χ0v) is 21.5. The molecule has 0 N–H and O–H groups in total. The van der Waals surface area contributed by atoms with Gasteiger partial charge in [-0.25, -0.2) is 9.78 Å². The SMILES string of the molecule is CC(C)(C)OC(=O)N1CCC[C@@H](c2nc3cc(Cl)c(Cl)cc3c(=O)n2CCN2CCOCC2)C1. The number of fused-ring (bicyclic) bond motifs is 1. The van der Waals surface area contributed by atoms with Gasteiger partial charge in [0, 0.05) is 45.2 Å². The molecule has 186 valence electrons. The Morgan fingerprint density at radius 2 is 1.85 bits per heavy atom. The van der Waals surface area contributed by atoms with Gasteiger partial charge in [-0.1, -0.05) is 23.2 Å². The van der Waals surface area contributed by atoms with Crippen molar-refractivity contribution in [1.82, 2.24) is 19.4 Å². The molecular formula is C24H32Cl2N4O4. The first-order valence-corrected chi connectivity index (χ1v) is 12.6. The lowest BCUT2D eigenvalue weighted by atomic mass is 9.96. The van der Waals surface area contributed by atoms with Gasteiger partial charge in [0.15, 0.2) is 0 Å². The Hall–Kier alpha value is -1.87. The Morgan fingerprint density at radius 1 is 1.15 bits per heavy atom. The van der Waals surface area contributed by atoms with Crippen LogP contribution in [0, 0.1) is 0 Å². The number of aromatic nitrogens is 2. The van der Waals surface area contributed by atoms with E-state index in [1.54, 1.807) is 21.6 Å². The summed E-state index contributed by atoms with van der Waals surface area (Å²) >= 11 is 12.5. The van der Waals surface area contributed by atoms with Gasteiger partial charge in [0.25, 0.3) is 5.56 Å². The molecule has 0 spiro atoms. The summed E-state index contributed by atoms with van der Waals surface area (Å²) in [7, 11) is 0. The smallest absolute Gasteiger partial charge is 0.410 e. The molecule has 3 heterocycles. The fourth-order valence-corrected chi connectivity index (χ4v) is 4.83. The number of hydrogen-bond acceptors (Lipinski definition) is 6. The highest BCUT2D eigenvalue weighted by Crippen LogP contribution is 2.30. The first kappa shape index (κ1) is 25.2. The highest BCUT2D eigenvalue weighted by molar-refractivity contribution is 6.42. The third-order valence-electron chi connectivity index (χ3n) is 6.21.